The van der Waals surface area contributed by atoms with Crippen molar-refractivity contribution in [2.45, 2.75) is 25.3 Å². The number of esters is 1. The van der Waals surface area contributed by atoms with Crippen molar-refractivity contribution in [1.82, 2.24) is 4.90 Å². The molecule has 0 radical (unpaired) electrons. The van der Waals surface area contributed by atoms with Gasteiger partial charge in [0.05, 0.1) is 14.2 Å². The van der Waals surface area contributed by atoms with Crippen molar-refractivity contribution in [2.75, 3.05) is 27.4 Å². The highest BCUT2D eigenvalue weighted by Crippen LogP contribution is 2.31. The number of benzene rings is 1. The maximum Gasteiger partial charge on any atom is 0.331 e. The molecule has 1 saturated heterocycles. The van der Waals surface area contributed by atoms with Crippen LogP contribution in [0.1, 0.15) is 24.8 Å². The second kappa shape index (κ2) is 9.61. The molecule has 27 heavy (non-hydrogen) atoms. The molecule has 8 nitrogen and oxygen atoms in total. The number of likely N-dealkylation sites (tertiary alicyclic amines) is 1. The van der Waals surface area contributed by atoms with Gasteiger partial charge in [0, 0.05) is 18.2 Å². The van der Waals surface area contributed by atoms with E-state index in [0.29, 0.717) is 30.0 Å². The minimum Gasteiger partial charge on any atom is -0.493 e. The van der Waals surface area contributed by atoms with Crippen molar-refractivity contribution < 1.29 is 28.6 Å². The standard InChI is InChI=1S/C19H24N2O6/c1-25-15-8-5-6-13(18(15)26-2)9-10-17(23)27-12-16(22)21-11-4-3-7-14(21)19(20)24/h5-6,8-10,14H,3-4,7,11-12H2,1-2H3,(H2,20,24)/b10-9+/t14-/m0/s1. The lowest BCUT2D eigenvalue weighted by Crippen LogP contribution is -2.51. The van der Waals surface area contributed by atoms with Crippen LogP contribution in [0.2, 0.25) is 0 Å². The predicted octanol–water partition coefficient (Wildman–Crippen LogP) is 1.13. The van der Waals surface area contributed by atoms with E-state index in [-0.39, 0.29) is 0 Å². The van der Waals surface area contributed by atoms with Crippen LogP contribution in [0.5, 0.6) is 11.5 Å². The van der Waals surface area contributed by atoms with E-state index in [1.807, 2.05) is 0 Å². The van der Waals surface area contributed by atoms with Crippen LogP contribution in [-0.2, 0) is 19.1 Å². The molecule has 0 aliphatic carbocycles. The fourth-order valence-electron chi connectivity index (χ4n) is 2.99. The third kappa shape index (κ3) is 5.22. The Kier molecular flexibility index (Phi) is 7.22. The van der Waals surface area contributed by atoms with Gasteiger partial charge in [-0.05, 0) is 31.4 Å². The first-order chi connectivity index (χ1) is 13.0. The van der Waals surface area contributed by atoms with Gasteiger partial charge in [0.25, 0.3) is 5.91 Å². The number of carbonyl (C=O) groups excluding carboxylic acids is 3. The van der Waals surface area contributed by atoms with Gasteiger partial charge in [-0.1, -0.05) is 12.1 Å². The lowest BCUT2D eigenvalue weighted by atomic mass is 10.0. The van der Waals surface area contributed by atoms with Crippen LogP contribution in [0.15, 0.2) is 24.3 Å². The molecule has 2 amide bonds. The second-order valence-corrected chi connectivity index (χ2v) is 6.02. The first kappa shape index (κ1) is 20.3. The van der Waals surface area contributed by atoms with E-state index in [4.69, 9.17) is 19.9 Å². The van der Waals surface area contributed by atoms with Crippen LogP contribution in [0.25, 0.3) is 6.08 Å². The molecule has 1 aromatic rings. The number of amides is 2. The lowest BCUT2D eigenvalue weighted by Gasteiger charge is -2.33. The fourth-order valence-corrected chi connectivity index (χ4v) is 2.99. The molecule has 0 unspecified atom stereocenters. The highest BCUT2D eigenvalue weighted by Gasteiger charge is 2.30. The summed E-state index contributed by atoms with van der Waals surface area (Å²) in [5.74, 6) is -0.636. The number of nitrogens with zero attached hydrogens (tertiary/aromatic N) is 1. The number of hydrogen-bond acceptors (Lipinski definition) is 6. The van der Waals surface area contributed by atoms with Crippen molar-refractivity contribution in [3.05, 3.63) is 29.8 Å². The largest absolute Gasteiger partial charge is 0.493 e. The number of nitrogens with two attached hydrogens (primary N) is 1. The van der Waals surface area contributed by atoms with E-state index in [0.717, 1.165) is 12.8 Å². The normalized spacial score (nSPS) is 16.8. The van der Waals surface area contributed by atoms with Crippen LogP contribution in [0.3, 0.4) is 0 Å². The maximum absolute atomic E-state index is 12.3. The summed E-state index contributed by atoms with van der Waals surface area (Å²) in [5.41, 5.74) is 5.97. The Morgan fingerprint density at radius 2 is 2.00 bits per heavy atom. The van der Waals surface area contributed by atoms with Crippen molar-refractivity contribution in [3.63, 3.8) is 0 Å². The number of ether oxygens (including phenoxy) is 3. The molecule has 8 heteroatoms. The number of hydrogen-bond donors (Lipinski definition) is 1. The van der Waals surface area contributed by atoms with Crippen molar-refractivity contribution in [3.8, 4) is 11.5 Å². The van der Waals surface area contributed by atoms with E-state index >= 15 is 0 Å². The Labute approximate surface area is 157 Å². The third-order valence-corrected chi connectivity index (χ3v) is 4.32. The molecule has 1 aliphatic heterocycles. The summed E-state index contributed by atoms with van der Waals surface area (Å²) in [6.07, 6.45) is 4.87. The van der Waals surface area contributed by atoms with Gasteiger partial charge in [-0.25, -0.2) is 4.79 Å². The molecule has 0 spiro atoms. The van der Waals surface area contributed by atoms with Gasteiger partial charge in [0.2, 0.25) is 5.91 Å². The van der Waals surface area contributed by atoms with Gasteiger partial charge in [-0.15, -0.1) is 0 Å². The topological polar surface area (TPSA) is 108 Å². The van der Waals surface area contributed by atoms with E-state index in [9.17, 15) is 14.4 Å². The van der Waals surface area contributed by atoms with Crippen molar-refractivity contribution in [1.29, 1.82) is 0 Å². The van der Waals surface area contributed by atoms with Crippen LogP contribution in [-0.4, -0.2) is 56.1 Å². The van der Waals surface area contributed by atoms with Crippen LogP contribution < -0.4 is 15.2 Å². The molecule has 0 aromatic heterocycles. The summed E-state index contributed by atoms with van der Waals surface area (Å²) in [6.45, 7) is -0.0109. The Morgan fingerprint density at radius 3 is 2.67 bits per heavy atom. The highest BCUT2D eigenvalue weighted by atomic mass is 16.5. The monoisotopic (exact) mass is 376 g/mol. The summed E-state index contributed by atoms with van der Waals surface area (Å²) in [7, 11) is 3.02. The molecule has 1 atom stereocenters. The first-order valence-corrected chi connectivity index (χ1v) is 8.62. The van der Waals surface area contributed by atoms with Gasteiger partial charge in [0.1, 0.15) is 6.04 Å². The van der Waals surface area contributed by atoms with Gasteiger partial charge in [-0.2, -0.15) is 0 Å². The molecule has 2 N–H and O–H groups in total. The summed E-state index contributed by atoms with van der Waals surface area (Å²) in [5, 5.41) is 0. The third-order valence-electron chi connectivity index (χ3n) is 4.32. The molecule has 1 heterocycles. The van der Waals surface area contributed by atoms with Crippen LogP contribution in [0.4, 0.5) is 0 Å². The first-order valence-electron chi connectivity index (χ1n) is 8.62. The Balaban J connectivity index is 1.95. The molecular formula is C19H24N2O6. The fraction of sp³-hybridized carbons (Fsp3) is 0.421. The summed E-state index contributed by atoms with van der Waals surface area (Å²) >= 11 is 0. The zero-order valence-corrected chi connectivity index (χ0v) is 15.5. The average molecular weight is 376 g/mol. The molecule has 1 aliphatic rings. The molecule has 0 bridgehead atoms. The summed E-state index contributed by atoms with van der Waals surface area (Å²) in [4.78, 5) is 37.0. The lowest BCUT2D eigenvalue weighted by molar-refractivity contribution is -0.151. The van der Waals surface area contributed by atoms with Crippen molar-refractivity contribution in [2.24, 2.45) is 5.73 Å². The Bertz CT molecular complexity index is 731. The molecule has 1 aromatic carbocycles. The summed E-state index contributed by atoms with van der Waals surface area (Å²) in [6, 6.07) is 4.61. The predicted molar refractivity (Wildman–Crippen MR) is 98.1 cm³/mol. The maximum atomic E-state index is 12.3. The summed E-state index contributed by atoms with van der Waals surface area (Å²) < 4.78 is 15.5. The minimum atomic E-state index is -0.680. The average Bonchev–Trinajstić information content (AvgIpc) is 2.69. The number of piperidine rings is 1. The quantitative estimate of drug-likeness (QED) is 0.564. The number of methoxy groups -OCH3 is 2. The van der Waals surface area contributed by atoms with Gasteiger partial charge in [0.15, 0.2) is 18.1 Å². The number of carbonyl (C=O) groups is 3. The second-order valence-electron chi connectivity index (χ2n) is 6.02. The van der Waals surface area contributed by atoms with Gasteiger partial charge >= 0.3 is 5.97 Å². The Morgan fingerprint density at radius 1 is 1.22 bits per heavy atom. The van der Waals surface area contributed by atoms with Gasteiger partial charge < -0.3 is 24.8 Å². The SMILES string of the molecule is COc1cccc(/C=C/C(=O)OCC(=O)N2CCCC[C@H]2C(N)=O)c1OC. The zero-order chi connectivity index (χ0) is 19.8. The number of primary amides is 1. The molecule has 146 valence electrons. The van der Waals surface area contributed by atoms with Crippen LogP contribution >= 0.6 is 0 Å². The molecule has 0 saturated carbocycles. The van der Waals surface area contributed by atoms with Crippen LogP contribution in [0, 0.1) is 0 Å². The van der Waals surface area contributed by atoms with E-state index in [1.54, 1.807) is 18.2 Å². The van der Waals surface area contributed by atoms with Crippen molar-refractivity contribution >= 4 is 23.9 Å². The van der Waals surface area contributed by atoms with E-state index < -0.39 is 30.4 Å². The highest BCUT2D eigenvalue weighted by molar-refractivity contribution is 5.91. The van der Waals surface area contributed by atoms with Gasteiger partial charge in [-0.3, -0.25) is 9.59 Å². The zero-order valence-electron chi connectivity index (χ0n) is 15.5. The smallest absolute Gasteiger partial charge is 0.331 e. The van der Waals surface area contributed by atoms with E-state index in [1.165, 1.54) is 31.3 Å². The number of rotatable bonds is 7. The Hall–Kier alpha value is -3.03. The molecule has 2 rings (SSSR count). The molecular weight excluding hydrogens is 352 g/mol. The minimum absolute atomic E-state index is 0.431. The number of para-hydroxylation sites is 1. The molecule has 1 fully saturated rings. The van der Waals surface area contributed by atoms with E-state index in [2.05, 4.69) is 0 Å².